The van der Waals surface area contributed by atoms with Crippen LogP contribution < -0.4 is 10.6 Å². The van der Waals surface area contributed by atoms with E-state index in [4.69, 9.17) is 9.47 Å². The van der Waals surface area contributed by atoms with Crippen LogP contribution in [0.15, 0.2) is 22.8 Å². The Balaban J connectivity index is 1.63. The molecule has 0 spiro atoms. The molecule has 2 rings (SSSR count). The fraction of sp³-hybridized carbons (Fsp3) is 0.647. The number of thiazole rings is 1. The highest BCUT2D eigenvalue weighted by atomic mass is 32.1. The highest BCUT2D eigenvalue weighted by Gasteiger charge is 2.03. The van der Waals surface area contributed by atoms with Crippen LogP contribution in [0.3, 0.4) is 0 Å². The summed E-state index contributed by atoms with van der Waals surface area (Å²) in [5.74, 6) is 0.779. The van der Waals surface area contributed by atoms with Crippen molar-refractivity contribution in [3.63, 3.8) is 0 Å². The van der Waals surface area contributed by atoms with Crippen molar-refractivity contribution in [3.05, 3.63) is 23.5 Å². The molecule has 0 atom stereocenters. The highest BCUT2D eigenvalue weighted by molar-refractivity contribution is 7.15. The summed E-state index contributed by atoms with van der Waals surface area (Å²) < 4.78 is 13.0. The lowest BCUT2D eigenvalue weighted by molar-refractivity contribution is 0.0487. The number of unbranched alkanes of at least 4 members (excludes halogenated alkanes) is 1. The van der Waals surface area contributed by atoms with E-state index in [1.165, 1.54) is 0 Å². The number of ether oxygens (including phenoxy) is 2. The molecule has 2 heterocycles. The largest absolute Gasteiger partial charge is 0.379 e. The first-order valence-electron chi connectivity index (χ1n) is 8.92. The molecule has 0 aliphatic rings. The van der Waals surface area contributed by atoms with E-state index >= 15 is 0 Å². The summed E-state index contributed by atoms with van der Waals surface area (Å²) in [5.41, 5.74) is 0.963. The Morgan fingerprint density at radius 2 is 2.04 bits per heavy atom. The third-order valence-electron chi connectivity index (χ3n) is 3.44. The number of rotatable bonds is 12. The zero-order chi connectivity index (χ0) is 17.7. The normalized spacial score (nSPS) is 12.0. The van der Waals surface area contributed by atoms with Crippen LogP contribution in [0.2, 0.25) is 0 Å². The van der Waals surface area contributed by atoms with E-state index in [0.717, 1.165) is 42.6 Å². The first-order chi connectivity index (χ1) is 12.3. The second-order valence-electron chi connectivity index (χ2n) is 5.53. The summed E-state index contributed by atoms with van der Waals surface area (Å²) in [6, 6.07) is 0. The maximum Gasteiger partial charge on any atom is 0.193 e. The molecular weight excluding hydrogens is 338 g/mol. The molecule has 0 unspecified atom stereocenters. The molecule has 8 heteroatoms. The number of fused-ring (bicyclic) bond motifs is 1. The number of nitrogens with one attached hydrogen (secondary N) is 2. The van der Waals surface area contributed by atoms with Crippen molar-refractivity contribution in [1.29, 1.82) is 0 Å². The van der Waals surface area contributed by atoms with Crippen LogP contribution in [0.25, 0.3) is 4.96 Å². The van der Waals surface area contributed by atoms with Crippen LogP contribution >= 0.6 is 11.3 Å². The van der Waals surface area contributed by atoms with E-state index in [1.807, 2.05) is 29.1 Å². The van der Waals surface area contributed by atoms with Crippen LogP contribution in [0, 0.1) is 0 Å². The molecule has 0 saturated heterocycles. The van der Waals surface area contributed by atoms with Gasteiger partial charge >= 0.3 is 0 Å². The molecular formula is C17H29N5O2S. The summed E-state index contributed by atoms with van der Waals surface area (Å²) in [5, 5.41) is 8.53. The Morgan fingerprint density at radius 3 is 2.80 bits per heavy atom. The average Bonchev–Trinajstić information content (AvgIpc) is 3.19. The molecule has 2 N–H and O–H groups in total. The second-order valence-corrected chi connectivity index (χ2v) is 6.40. The summed E-state index contributed by atoms with van der Waals surface area (Å²) in [4.78, 5) is 10.1. The van der Waals surface area contributed by atoms with E-state index in [-0.39, 0.29) is 0 Å². The van der Waals surface area contributed by atoms with Gasteiger partial charge in [-0.25, -0.2) is 9.98 Å². The Hall–Kier alpha value is -1.64. The number of aromatic nitrogens is 2. The number of aliphatic imine (C=N–C) groups is 1. The van der Waals surface area contributed by atoms with Crippen LogP contribution in [0.4, 0.5) is 0 Å². The lowest BCUT2D eigenvalue weighted by Gasteiger charge is -2.11. The van der Waals surface area contributed by atoms with E-state index < -0.39 is 0 Å². The molecule has 0 bridgehead atoms. The maximum absolute atomic E-state index is 5.55. The fourth-order valence-corrected chi connectivity index (χ4v) is 2.88. The van der Waals surface area contributed by atoms with Gasteiger partial charge in [-0.1, -0.05) is 13.3 Å². The lowest BCUT2D eigenvalue weighted by Crippen LogP contribution is -2.39. The molecule has 7 nitrogen and oxygen atoms in total. The lowest BCUT2D eigenvalue weighted by atomic mass is 10.4. The van der Waals surface area contributed by atoms with Gasteiger partial charge in [-0.05, 0) is 13.3 Å². The van der Waals surface area contributed by atoms with Gasteiger partial charge in [0.25, 0.3) is 0 Å². The highest BCUT2D eigenvalue weighted by Crippen LogP contribution is 2.11. The molecule has 0 fully saturated rings. The number of nitrogens with zero attached hydrogens (tertiary/aromatic N) is 3. The smallest absolute Gasteiger partial charge is 0.193 e. The van der Waals surface area contributed by atoms with Crippen molar-refractivity contribution in [2.45, 2.75) is 33.2 Å². The van der Waals surface area contributed by atoms with Gasteiger partial charge in [0.15, 0.2) is 10.9 Å². The van der Waals surface area contributed by atoms with Crippen molar-refractivity contribution >= 4 is 22.3 Å². The molecule has 0 saturated carbocycles. The summed E-state index contributed by atoms with van der Waals surface area (Å²) in [6.45, 7) is 9.02. The molecule has 0 aromatic carbocycles. The van der Waals surface area contributed by atoms with Crippen molar-refractivity contribution < 1.29 is 9.47 Å². The number of imidazole rings is 1. The number of hydrogen-bond acceptors (Lipinski definition) is 5. The first kappa shape index (κ1) is 19.7. The minimum absolute atomic E-state index is 0.551. The fourth-order valence-electron chi connectivity index (χ4n) is 2.16. The maximum atomic E-state index is 5.55. The molecule has 0 amide bonds. The van der Waals surface area contributed by atoms with Gasteiger partial charge in [0.2, 0.25) is 0 Å². The van der Waals surface area contributed by atoms with Gasteiger partial charge in [-0.15, -0.1) is 11.3 Å². The molecule has 0 radical (unpaired) electrons. The van der Waals surface area contributed by atoms with Gasteiger partial charge in [-0.2, -0.15) is 0 Å². The van der Waals surface area contributed by atoms with E-state index in [0.29, 0.717) is 32.9 Å². The predicted molar refractivity (Wildman–Crippen MR) is 102 cm³/mol. The molecule has 2 aromatic heterocycles. The molecule has 25 heavy (non-hydrogen) atoms. The molecule has 2 aromatic rings. The number of guanidine groups is 1. The van der Waals surface area contributed by atoms with Crippen molar-refractivity contribution in [2.75, 3.05) is 39.5 Å². The van der Waals surface area contributed by atoms with Gasteiger partial charge < -0.3 is 20.1 Å². The topological polar surface area (TPSA) is 72.2 Å². The Morgan fingerprint density at radius 1 is 1.20 bits per heavy atom. The minimum Gasteiger partial charge on any atom is -0.379 e. The predicted octanol–water partition coefficient (Wildman–Crippen LogP) is 2.28. The third-order valence-corrected chi connectivity index (χ3v) is 4.21. The molecule has 140 valence electrons. The van der Waals surface area contributed by atoms with Crippen LogP contribution in [-0.4, -0.2) is 54.9 Å². The van der Waals surface area contributed by atoms with Crippen LogP contribution in [0.1, 0.15) is 32.4 Å². The number of hydrogen-bond donors (Lipinski definition) is 2. The summed E-state index contributed by atoms with van der Waals surface area (Å²) in [7, 11) is 0. The monoisotopic (exact) mass is 367 g/mol. The zero-order valence-electron chi connectivity index (χ0n) is 15.2. The van der Waals surface area contributed by atoms with Crippen molar-refractivity contribution in [3.8, 4) is 0 Å². The Bertz CT molecular complexity index is 597. The van der Waals surface area contributed by atoms with Crippen LogP contribution in [0.5, 0.6) is 0 Å². The van der Waals surface area contributed by atoms with E-state index in [1.54, 1.807) is 11.3 Å². The average molecular weight is 368 g/mol. The standard InChI is InChI=1S/C17H29N5O2S/c1-3-5-8-23-10-11-24-9-6-19-16(18-4-2)20-13-15-14-22-7-12-25-17(22)21-15/h7,12,14H,3-6,8-11,13H2,1-2H3,(H2,18,19,20). The van der Waals surface area contributed by atoms with Gasteiger partial charge in [0.05, 0.1) is 32.1 Å². The Labute approximate surface area is 153 Å². The zero-order valence-corrected chi connectivity index (χ0v) is 16.0. The van der Waals surface area contributed by atoms with E-state index in [9.17, 15) is 0 Å². The SMILES string of the molecule is CCCCOCCOCCNC(=NCc1cn2ccsc2n1)NCC. The quantitative estimate of drug-likeness (QED) is 0.342. The summed E-state index contributed by atoms with van der Waals surface area (Å²) >= 11 is 1.63. The van der Waals surface area contributed by atoms with Gasteiger partial charge in [-0.3, -0.25) is 4.40 Å². The van der Waals surface area contributed by atoms with Crippen molar-refractivity contribution in [1.82, 2.24) is 20.0 Å². The van der Waals surface area contributed by atoms with Gasteiger partial charge in [0, 0.05) is 37.5 Å². The van der Waals surface area contributed by atoms with Gasteiger partial charge in [0.1, 0.15) is 0 Å². The Kier molecular flexibility index (Phi) is 9.32. The molecule has 0 aliphatic heterocycles. The minimum atomic E-state index is 0.551. The summed E-state index contributed by atoms with van der Waals surface area (Å²) in [6.07, 6.45) is 6.29. The second kappa shape index (κ2) is 11.8. The first-order valence-corrected chi connectivity index (χ1v) is 9.80. The van der Waals surface area contributed by atoms with Crippen LogP contribution in [-0.2, 0) is 16.0 Å². The molecule has 0 aliphatic carbocycles. The van der Waals surface area contributed by atoms with Crippen molar-refractivity contribution in [2.24, 2.45) is 4.99 Å². The van der Waals surface area contributed by atoms with E-state index in [2.05, 4.69) is 27.5 Å². The third kappa shape index (κ3) is 7.41.